The maximum absolute atomic E-state index is 9.19. The zero-order valence-electron chi connectivity index (χ0n) is 6.07. The number of hydrogen-bond donors (Lipinski definition) is 3. The summed E-state index contributed by atoms with van der Waals surface area (Å²) in [5.41, 5.74) is 0. The summed E-state index contributed by atoms with van der Waals surface area (Å²) in [5.74, 6) is 0.110. The first-order valence-electron chi connectivity index (χ1n) is 3.65. The Morgan fingerprint density at radius 2 is 1.40 bits per heavy atom. The zero-order chi connectivity index (χ0) is 7.72. The van der Waals surface area contributed by atoms with Crippen molar-refractivity contribution in [2.75, 3.05) is 0 Å². The highest BCUT2D eigenvalue weighted by Crippen LogP contribution is 2.24. The molecule has 0 radical (unpaired) electrons. The summed E-state index contributed by atoms with van der Waals surface area (Å²) in [6.07, 6.45) is -1.01. The molecule has 1 saturated carbocycles. The van der Waals surface area contributed by atoms with Crippen molar-refractivity contribution in [2.24, 2.45) is 5.92 Å². The third kappa shape index (κ3) is 1.48. The molecule has 60 valence electrons. The van der Waals surface area contributed by atoms with Gasteiger partial charge in [0.2, 0.25) is 0 Å². The standard InChI is InChI=1S/C7H14O3/c1-4-2-6(9)7(10)3-5(4)8/h4-10H,2-3H2,1H3/t4-,5-,6-,7+/m0/s1. The summed E-state index contributed by atoms with van der Waals surface area (Å²) in [5, 5.41) is 27.4. The van der Waals surface area contributed by atoms with Gasteiger partial charge in [0.25, 0.3) is 0 Å². The Morgan fingerprint density at radius 1 is 0.900 bits per heavy atom. The minimum Gasteiger partial charge on any atom is -0.393 e. The van der Waals surface area contributed by atoms with Crippen LogP contribution in [0.3, 0.4) is 0 Å². The highest BCUT2D eigenvalue weighted by Gasteiger charge is 2.31. The van der Waals surface area contributed by atoms with Crippen LogP contribution >= 0.6 is 0 Å². The predicted octanol–water partition coefficient (Wildman–Crippen LogP) is -0.501. The average Bonchev–Trinajstić information content (AvgIpc) is 1.84. The van der Waals surface area contributed by atoms with Gasteiger partial charge in [-0.15, -0.1) is 0 Å². The quantitative estimate of drug-likeness (QED) is 0.431. The topological polar surface area (TPSA) is 60.7 Å². The first-order chi connectivity index (χ1) is 4.61. The molecule has 1 rings (SSSR count). The minimum atomic E-state index is -0.730. The van der Waals surface area contributed by atoms with Gasteiger partial charge in [0.15, 0.2) is 0 Å². The molecule has 0 aromatic rings. The number of rotatable bonds is 0. The van der Waals surface area contributed by atoms with Gasteiger partial charge < -0.3 is 15.3 Å². The van der Waals surface area contributed by atoms with Gasteiger partial charge in [0.1, 0.15) is 0 Å². The van der Waals surface area contributed by atoms with Crippen LogP contribution in [0.5, 0.6) is 0 Å². The lowest BCUT2D eigenvalue weighted by Gasteiger charge is -2.31. The van der Waals surface area contributed by atoms with E-state index >= 15 is 0 Å². The normalized spacial score (nSPS) is 49.2. The van der Waals surface area contributed by atoms with E-state index in [1.54, 1.807) is 0 Å². The van der Waals surface area contributed by atoms with Crippen LogP contribution in [0, 0.1) is 5.92 Å². The number of hydrogen-bond acceptors (Lipinski definition) is 3. The Kier molecular flexibility index (Phi) is 2.28. The molecule has 0 heterocycles. The second-order valence-corrected chi connectivity index (χ2v) is 3.15. The molecule has 1 fully saturated rings. The van der Waals surface area contributed by atoms with E-state index in [-0.39, 0.29) is 5.92 Å². The van der Waals surface area contributed by atoms with Gasteiger partial charge >= 0.3 is 0 Å². The molecule has 0 amide bonds. The SMILES string of the molecule is C[C@H]1C[C@H](O)[C@H](O)C[C@@H]1O. The second kappa shape index (κ2) is 2.86. The van der Waals surface area contributed by atoms with E-state index in [4.69, 9.17) is 10.2 Å². The van der Waals surface area contributed by atoms with Crippen molar-refractivity contribution in [2.45, 2.75) is 38.1 Å². The molecule has 0 spiro atoms. The first kappa shape index (κ1) is 7.98. The van der Waals surface area contributed by atoms with E-state index in [1.165, 1.54) is 0 Å². The van der Waals surface area contributed by atoms with Gasteiger partial charge in [0.05, 0.1) is 18.3 Å². The van der Waals surface area contributed by atoms with Crippen molar-refractivity contribution in [3.63, 3.8) is 0 Å². The molecule has 1 aliphatic carbocycles. The van der Waals surface area contributed by atoms with Crippen LogP contribution in [0.25, 0.3) is 0 Å². The van der Waals surface area contributed by atoms with Crippen molar-refractivity contribution in [3.05, 3.63) is 0 Å². The number of aliphatic hydroxyl groups excluding tert-OH is 3. The summed E-state index contributed by atoms with van der Waals surface area (Å²) in [7, 11) is 0. The molecule has 3 heteroatoms. The molecule has 3 N–H and O–H groups in total. The van der Waals surface area contributed by atoms with Gasteiger partial charge in [-0.25, -0.2) is 0 Å². The van der Waals surface area contributed by atoms with Gasteiger partial charge in [-0.2, -0.15) is 0 Å². The van der Waals surface area contributed by atoms with Crippen molar-refractivity contribution < 1.29 is 15.3 Å². The predicted molar refractivity (Wildman–Crippen MR) is 36.4 cm³/mol. The lowest BCUT2D eigenvalue weighted by molar-refractivity contribution is -0.0728. The van der Waals surface area contributed by atoms with Crippen molar-refractivity contribution in [1.29, 1.82) is 0 Å². The van der Waals surface area contributed by atoms with E-state index in [2.05, 4.69) is 0 Å². The van der Waals surface area contributed by atoms with Gasteiger partial charge in [0, 0.05) is 6.42 Å². The van der Waals surface area contributed by atoms with Crippen molar-refractivity contribution >= 4 is 0 Å². The first-order valence-corrected chi connectivity index (χ1v) is 3.65. The van der Waals surface area contributed by atoms with Gasteiger partial charge in [-0.05, 0) is 12.3 Å². The maximum Gasteiger partial charge on any atom is 0.0823 e. The van der Waals surface area contributed by atoms with E-state index in [1.807, 2.05) is 6.92 Å². The molecule has 3 nitrogen and oxygen atoms in total. The van der Waals surface area contributed by atoms with E-state index in [0.29, 0.717) is 12.8 Å². The van der Waals surface area contributed by atoms with Gasteiger partial charge in [-0.3, -0.25) is 0 Å². The maximum atomic E-state index is 9.19. The van der Waals surface area contributed by atoms with Crippen molar-refractivity contribution in [1.82, 2.24) is 0 Å². The van der Waals surface area contributed by atoms with Crippen molar-refractivity contribution in [3.8, 4) is 0 Å². The Hall–Kier alpha value is -0.120. The fourth-order valence-electron chi connectivity index (χ4n) is 1.33. The second-order valence-electron chi connectivity index (χ2n) is 3.15. The van der Waals surface area contributed by atoms with Gasteiger partial charge in [-0.1, -0.05) is 6.92 Å². The molecular weight excluding hydrogens is 132 g/mol. The summed E-state index contributed by atoms with van der Waals surface area (Å²) in [6.45, 7) is 1.87. The lowest BCUT2D eigenvalue weighted by Crippen LogP contribution is -2.40. The smallest absolute Gasteiger partial charge is 0.0823 e. The van der Waals surface area contributed by atoms with Crippen LogP contribution in [0.15, 0.2) is 0 Å². The van der Waals surface area contributed by atoms with Crippen LogP contribution < -0.4 is 0 Å². The number of aliphatic hydroxyl groups is 3. The third-order valence-corrected chi connectivity index (χ3v) is 2.20. The molecule has 4 atom stereocenters. The lowest BCUT2D eigenvalue weighted by atomic mass is 9.84. The van der Waals surface area contributed by atoms with Crippen LogP contribution in [0.2, 0.25) is 0 Å². The highest BCUT2D eigenvalue weighted by molar-refractivity contribution is 4.82. The van der Waals surface area contributed by atoms with Crippen LogP contribution in [-0.4, -0.2) is 33.6 Å². The molecule has 0 saturated heterocycles. The third-order valence-electron chi connectivity index (χ3n) is 2.20. The van der Waals surface area contributed by atoms with E-state index in [0.717, 1.165) is 0 Å². The van der Waals surface area contributed by atoms with E-state index in [9.17, 15) is 5.11 Å². The molecular formula is C7H14O3. The minimum absolute atomic E-state index is 0.110. The molecule has 0 bridgehead atoms. The largest absolute Gasteiger partial charge is 0.393 e. The molecule has 0 unspecified atom stereocenters. The van der Waals surface area contributed by atoms with Crippen LogP contribution in [0.4, 0.5) is 0 Å². The molecule has 0 aromatic carbocycles. The Balaban J connectivity index is 2.46. The fraction of sp³-hybridized carbons (Fsp3) is 1.00. The Bertz CT molecular complexity index is 89.4. The van der Waals surface area contributed by atoms with E-state index < -0.39 is 18.3 Å². The summed E-state index contributed by atoms with van der Waals surface area (Å²) < 4.78 is 0. The molecule has 0 aromatic heterocycles. The molecule has 0 aliphatic heterocycles. The highest BCUT2D eigenvalue weighted by atomic mass is 16.3. The van der Waals surface area contributed by atoms with Crippen LogP contribution in [-0.2, 0) is 0 Å². The summed E-state index contributed by atoms with van der Waals surface area (Å²) >= 11 is 0. The molecule has 1 aliphatic rings. The molecule has 10 heavy (non-hydrogen) atoms. The monoisotopic (exact) mass is 146 g/mol. The summed E-state index contributed by atoms with van der Waals surface area (Å²) in [6, 6.07) is 0. The fourth-order valence-corrected chi connectivity index (χ4v) is 1.33. The Morgan fingerprint density at radius 3 is 1.90 bits per heavy atom. The average molecular weight is 146 g/mol. The zero-order valence-corrected chi connectivity index (χ0v) is 6.07. The Labute approximate surface area is 60.3 Å². The summed E-state index contributed by atoms with van der Waals surface area (Å²) in [4.78, 5) is 0. The van der Waals surface area contributed by atoms with Crippen LogP contribution in [0.1, 0.15) is 19.8 Å².